The van der Waals surface area contributed by atoms with Crippen LogP contribution in [0.15, 0.2) is 4.99 Å². The summed E-state index contributed by atoms with van der Waals surface area (Å²) in [6.07, 6.45) is 6.56. The van der Waals surface area contributed by atoms with Crippen LogP contribution in [0.5, 0.6) is 0 Å². The first-order chi connectivity index (χ1) is 10.0. The van der Waals surface area contributed by atoms with Crippen molar-refractivity contribution in [1.29, 1.82) is 0 Å². The Hall–Kier alpha value is 0.300. The van der Waals surface area contributed by atoms with Gasteiger partial charge in [0, 0.05) is 24.4 Å². The molecule has 2 fully saturated rings. The SMILES string of the molecule is CCNC(=NCC1CCS(=O)(=O)C1)NC1CCC(SC)C1.I. The van der Waals surface area contributed by atoms with Crippen molar-refractivity contribution in [2.24, 2.45) is 10.9 Å². The average molecular weight is 461 g/mol. The number of hydrogen-bond donors (Lipinski definition) is 2. The number of hydrogen-bond acceptors (Lipinski definition) is 4. The van der Waals surface area contributed by atoms with Gasteiger partial charge >= 0.3 is 0 Å². The maximum absolute atomic E-state index is 11.5. The van der Waals surface area contributed by atoms with Crippen LogP contribution in [0.4, 0.5) is 0 Å². The summed E-state index contributed by atoms with van der Waals surface area (Å²) in [5.41, 5.74) is 0. The molecule has 0 spiro atoms. The van der Waals surface area contributed by atoms with Gasteiger partial charge in [-0.2, -0.15) is 11.8 Å². The molecule has 2 N–H and O–H groups in total. The van der Waals surface area contributed by atoms with Crippen LogP contribution in [0.25, 0.3) is 0 Å². The van der Waals surface area contributed by atoms with Crippen molar-refractivity contribution in [2.45, 2.75) is 43.9 Å². The number of aliphatic imine (C=N–C) groups is 1. The van der Waals surface area contributed by atoms with E-state index in [2.05, 4.69) is 28.8 Å². The van der Waals surface area contributed by atoms with E-state index in [0.29, 0.717) is 24.1 Å². The van der Waals surface area contributed by atoms with Crippen LogP contribution < -0.4 is 10.6 Å². The lowest BCUT2D eigenvalue weighted by atomic mass is 10.1. The number of sulfone groups is 1. The van der Waals surface area contributed by atoms with Crippen LogP contribution in [-0.4, -0.2) is 56.5 Å². The Morgan fingerprint density at radius 1 is 1.32 bits per heavy atom. The van der Waals surface area contributed by atoms with Crippen molar-refractivity contribution >= 4 is 51.5 Å². The molecule has 2 aliphatic rings. The van der Waals surface area contributed by atoms with E-state index in [-0.39, 0.29) is 29.9 Å². The molecular formula is C14H28IN3O2S2. The van der Waals surface area contributed by atoms with Crippen molar-refractivity contribution in [3.63, 3.8) is 0 Å². The Labute approximate surface area is 155 Å². The molecule has 5 nitrogen and oxygen atoms in total. The van der Waals surface area contributed by atoms with Crippen molar-refractivity contribution in [1.82, 2.24) is 10.6 Å². The quantitative estimate of drug-likeness (QED) is 0.372. The minimum Gasteiger partial charge on any atom is -0.357 e. The molecule has 0 radical (unpaired) electrons. The molecule has 3 atom stereocenters. The van der Waals surface area contributed by atoms with Gasteiger partial charge in [-0.1, -0.05) is 0 Å². The topological polar surface area (TPSA) is 70.6 Å². The summed E-state index contributed by atoms with van der Waals surface area (Å²) < 4.78 is 23.0. The molecule has 22 heavy (non-hydrogen) atoms. The maximum atomic E-state index is 11.5. The standard InChI is InChI=1S/C14H27N3O2S2.HI/c1-3-15-14(17-12-4-5-13(8-12)20-2)16-9-11-6-7-21(18,19)10-11;/h11-13H,3-10H2,1-2H3,(H2,15,16,17);1H. The largest absolute Gasteiger partial charge is 0.357 e. The smallest absolute Gasteiger partial charge is 0.191 e. The van der Waals surface area contributed by atoms with Gasteiger partial charge in [-0.25, -0.2) is 8.42 Å². The molecule has 0 aromatic carbocycles. The highest BCUT2D eigenvalue weighted by Crippen LogP contribution is 2.28. The average Bonchev–Trinajstić information content (AvgIpc) is 3.02. The Morgan fingerprint density at radius 3 is 2.64 bits per heavy atom. The van der Waals surface area contributed by atoms with Crippen LogP contribution in [0, 0.1) is 5.92 Å². The van der Waals surface area contributed by atoms with E-state index in [1.165, 1.54) is 19.3 Å². The summed E-state index contributed by atoms with van der Waals surface area (Å²) in [6, 6.07) is 0.493. The van der Waals surface area contributed by atoms with E-state index < -0.39 is 9.84 Å². The number of rotatable bonds is 5. The summed E-state index contributed by atoms with van der Waals surface area (Å²) in [6.45, 7) is 3.48. The molecule has 1 saturated carbocycles. The van der Waals surface area contributed by atoms with Gasteiger partial charge in [0.1, 0.15) is 0 Å². The number of halogens is 1. The van der Waals surface area contributed by atoms with Gasteiger partial charge in [0.2, 0.25) is 0 Å². The van der Waals surface area contributed by atoms with Gasteiger partial charge < -0.3 is 10.6 Å². The Bertz CT molecular complexity index is 471. The lowest BCUT2D eigenvalue weighted by Gasteiger charge is -2.17. The zero-order valence-electron chi connectivity index (χ0n) is 13.4. The molecule has 1 aliphatic heterocycles. The summed E-state index contributed by atoms with van der Waals surface area (Å²) in [7, 11) is -2.80. The molecule has 0 aromatic heterocycles. The van der Waals surface area contributed by atoms with E-state index in [1.54, 1.807) is 0 Å². The van der Waals surface area contributed by atoms with Gasteiger partial charge in [-0.3, -0.25) is 4.99 Å². The summed E-state index contributed by atoms with van der Waals surface area (Å²) in [4.78, 5) is 4.60. The number of thioether (sulfide) groups is 1. The second-order valence-electron chi connectivity index (χ2n) is 6.00. The van der Waals surface area contributed by atoms with Gasteiger partial charge in [-0.05, 0) is 44.8 Å². The van der Waals surface area contributed by atoms with Crippen molar-refractivity contribution in [3.8, 4) is 0 Å². The van der Waals surface area contributed by atoms with Crippen LogP contribution in [0.3, 0.4) is 0 Å². The second kappa shape index (κ2) is 9.56. The Kier molecular flexibility index (Phi) is 8.84. The first-order valence-electron chi connectivity index (χ1n) is 7.80. The molecule has 1 heterocycles. The molecule has 1 saturated heterocycles. The summed E-state index contributed by atoms with van der Waals surface area (Å²) in [5.74, 6) is 1.66. The van der Waals surface area contributed by atoms with E-state index in [9.17, 15) is 8.42 Å². The third-order valence-electron chi connectivity index (χ3n) is 4.24. The van der Waals surface area contributed by atoms with Crippen molar-refractivity contribution < 1.29 is 8.42 Å². The van der Waals surface area contributed by atoms with E-state index in [1.807, 2.05) is 11.8 Å². The maximum Gasteiger partial charge on any atom is 0.191 e. The molecule has 1 aliphatic carbocycles. The Morgan fingerprint density at radius 2 is 2.09 bits per heavy atom. The second-order valence-corrected chi connectivity index (χ2v) is 9.37. The predicted molar refractivity (Wildman–Crippen MR) is 106 cm³/mol. The summed E-state index contributed by atoms with van der Waals surface area (Å²) in [5, 5.41) is 7.53. The zero-order valence-corrected chi connectivity index (χ0v) is 17.3. The third kappa shape index (κ3) is 6.43. The van der Waals surface area contributed by atoms with Gasteiger partial charge in [-0.15, -0.1) is 24.0 Å². The minimum absolute atomic E-state index is 0. The lowest BCUT2D eigenvalue weighted by molar-refractivity contribution is 0.582. The molecule has 8 heteroatoms. The van der Waals surface area contributed by atoms with E-state index in [0.717, 1.165) is 24.2 Å². The molecule has 130 valence electrons. The summed E-state index contributed by atoms with van der Waals surface area (Å²) >= 11 is 1.94. The van der Waals surface area contributed by atoms with E-state index >= 15 is 0 Å². The van der Waals surface area contributed by atoms with Gasteiger partial charge in [0.15, 0.2) is 15.8 Å². The highest BCUT2D eigenvalue weighted by molar-refractivity contribution is 14.0. The van der Waals surface area contributed by atoms with Crippen LogP contribution >= 0.6 is 35.7 Å². The Balaban J connectivity index is 0.00000242. The number of nitrogens with one attached hydrogen (secondary N) is 2. The zero-order chi connectivity index (χ0) is 15.3. The van der Waals surface area contributed by atoms with E-state index in [4.69, 9.17) is 0 Å². The normalized spacial score (nSPS) is 30.8. The number of nitrogens with zero attached hydrogens (tertiary/aromatic N) is 1. The third-order valence-corrected chi connectivity index (χ3v) is 7.17. The fourth-order valence-electron chi connectivity index (χ4n) is 3.04. The molecule has 0 bridgehead atoms. The minimum atomic E-state index is -2.80. The van der Waals surface area contributed by atoms with Crippen molar-refractivity contribution in [3.05, 3.63) is 0 Å². The van der Waals surface area contributed by atoms with Crippen molar-refractivity contribution in [2.75, 3.05) is 30.9 Å². The molecular weight excluding hydrogens is 433 g/mol. The molecule has 3 unspecified atom stereocenters. The monoisotopic (exact) mass is 461 g/mol. The molecule has 0 amide bonds. The highest BCUT2D eigenvalue weighted by atomic mass is 127. The fourth-order valence-corrected chi connectivity index (χ4v) is 5.68. The van der Waals surface area contributed by atoms with Crippen LogP contribution in [0.1, 0.15) is 32.6 Å². The van der Waals surface area contributed by atoms with Gasteiger partial charge in [0.25, 0.3) is 0 Å². The van der Waals surface area contributed by atoms with Gasteiger partial charge in [0.05, 0.1) is 11.5 Å². The van der Waals surface area contributed by atoms with Crippen LogP contribution in [0.2, 0.25) is 0 Å². The molecule has 2 rings (SSSR count). The highest BCUT2D eigenvalue weighted by Gasteiger charge is 2.28. The first-order valence-corrected chi connectivity index (χ1v) is 10.9. The number of guanidine groups is 1. The fraction of sp³-hybridized carbons (Fsp3) is 0.929. The predicted octanol–water partition coefficient (Wildman–Crippen LogP) is 1.88. The van der Waals surface area contributed by atoms with Crippen LogP contribution in [-0.2, 0) is 9.84 Å². The first kappa shape index (κ1) is 20.3. The molecule has 0 aromatic rings. The lowest BCUT2D eigenvalue weighted by Crippen LogP contribution is -2.42.